The lowest BCUT2D eigenvalue weighted by atomic mass is 9.91. The number of hydrogen-bond acceptors (Lipinski definition) is 2. The molecule has 19 heavy (non-hydrogen) atoms. The quantitative estimate of drug-likeness (QED) is 0.765. The molecule has 4 rings (SSSR count). The smallest absolute Gasteiger partial charge is 0.186 e. The van der Waals surface area contributed by atoms with Gasteiger partial charge in [-0.05, 0) is 16.7 Å². The Balaban J connectivity index is 1.78. The van der Waals surface area contributed by atoms with E-state index >= 15 is 0 Å². The monoisotopic (exact) mass is 250 g/mol. The first-order chi connectivity index (χ1) is 9.34. The summed E-state index contributed by atoms with van der Waals surface area (Å²) in [7, 11) is 0. The maximum atomic E-state index is 6.09. The van der Waals surface area contributed by atoms with Gasteiger partial charge in [-0.15, -0.1) is 0 Å². The highest BCUT2D eigenvalue weighted by molar-refractivity contribution is 5.72. The highest BCUT2D eigenvalue weighted by Crippen LogP contribution is 2.50. The van der Waals surface area contributed by atoms with Gasteiger partial charge in [0.15, 0.2) is 6.29 Å². The van der Waals surface area contributed by atoms with Crippen molar-refractivity contribution in [1.29, 1.82) is 0 Å². The normalized spacial score (nSPS) is 28.2. The molecule has 1 saturated heterocycles. The van der Waals surface area contributed by atoms with Gasteiger partial charge in [0.25, 0.3) is 0 Å². The van der Waals surface area contributed by atoms with Crippen LogP contribution in [-0.2, 0) is 9.47 Å². The Hall–Kier alpha value is -1.90. The average molecular weight is 250 g/mol. The molecule has 2 heteroatoms. The number of fused-ring (bicyclic) bond motifs is 4. The lowest BCUT2D eigenvalue weighted by molar-refractivity contribution is -0.0676. The molecule has 2 aromatic carbocycles. The average Bonchev–Trinajstić information content (AvgIpc) is 2.88. The van der Waals surface area contributed by atoms with E-state index in [9.17, 15) is 0 Å². The summed E-state index contributed by atoms with van der Waals surface area (Å²) < 4.78 is 12.1. The number of hydrogen-bond donors (Lipinski definition) is 0. The second-order valence-corrected chi connectivity index (χ2v) is 4.97. The zero-order valence-corrected chi connectivity index (χ0v) is 10.5. The topological polar surface area (TPSA) is 18.5 Å². The molecule has 3 atom stereocenters. The standard InChI is InChI=1S/C17H14O2/c1-11-13-9-5-6-10-14(13)17-18-15(11)16(19-17)12-7-3-2-4-8-12/h2-10,15-17H,1H2. The first kappa shape index (κ1) is 11.0. The van der Waals surface area contributed by atoms with Crippen LogP contribution in [0.25, 0.3) is 5.57 Å². The van der Waals surface area contributed by atoms with Crippen molar-refractivity contribution in [1.82, 2.24) is 0 Å². The van der Waals surface area contributed by atoms with Gasteiger partial charge in [-0.1, -0.05) is 61.2 Å². The van der Waals surface area contributed by atoms with Crippen molar-refractivity contribution in [3.63, 3.8) is 0 Å². The van der Waals surface area contributed by atoms with Crippen LogP contribution in [0.15, 0.2) is 61.2 Å². The fourth-order valence-electron chi connectivity index (χ4n) is 2.90. The molecule has 0 amide bonds. The Labute approximate surface area is 112 Å². The second-order valence-electron chi connectivity index (χ2n) is 4.97. The Bertz CT molecular complexity index is 633. The zero-order chi connectivity index (χ0) is 12.8. The third-order valence-corrected chi connectivity index (χ3v) is 3.85. The Morgan fingerprint density at radius 1 is 0.789 bits per heavy atom. The van der Waals surface area contributed by atoms with E-state index in [1.165, 1.54) is 5.56 Å². The Morgan fingerprint density at radius 3 is 2.32 bits per heavy atom. The van der Waals surface area contributed by atoms with Gasteiger partial charge in [-0.2, -0.15) is 0 Å². The molecule has 3 unspecified atom stereocenters. The van der Waals surface area contributed by atoms with Crippen LogP contribution >= 0.6 is 0 Å². The van der Waals surface area contributed by atoms with E-state index in [0.717, 1.165) is 16.7 Å². The Morgan fingerprint density at radius 2 is 1.47 bits per heavy atom. The van der Waals surface area contributed by atoms with Gasteiger partial charge in [-0.3, -0.25) is 0 Å². The summed E-state index contributed by atoms with van der Waals surface area (Å²) in [6.07, 6.45) is -0.412. The van der Waals surface area contributed by atoms with Gasteiger partial charge < -0.3 is 9.47 Å². The molecule has 0 aromatic heterocycles. The summed E-state index contributed by atoms with van der Waals surface area (Å²) in [5.41, 5.74) is 4.41. The van der Waals surface area contributed by atoms with Crippen molar-refractivity contribution in [3.05, 3.63) is 77.9 Å². The van der Waals surface area contributed by atoms with Crippen LogP contribution in [0.1, 0.15) is 29.1 Å². The van der Waals surface area contributed by atoms with E-state index < -0.39 is 0 Å². The number of ether oxygens (including phenoxy) is 2. The number of benzene rings is 2. The predicted octanol–water partition coefficient (Wildman–Crippen LogP) is 3.87. The van der Waals surface area contributed by atoms with Crippen molar-refractivity contribution in [2.45, 2.75) is 18.5 Å². The van der Waals surface area contributed by atoms with Crippen molar-refractivity contribution in [2.24, 2.45) is 0 Å². The molecule has 2 bridgehead atoms. The fraction of sp³-hybridized carbons (Fsp3) is 0.176. The largest absolute Gasteiger partial charge is 0.337 e. The molecule has 0 spiro atoms. The predicted molar refractivity (Wildman–Crippen MR) is 73.4 cm³/mol. The highest BCUT2D eigenvalue weighted by atomic mass is 16.7. The minimum Gasteiger partial charge on any atom is -0.337 e. The third kappa shape index (κ3) is 1.57. The summed E-state index contributed by atoms with van der Waals surface area (Å²) >= 11 is 0. The van der Waals surface area contributed by atoms with Crippen LogP contribution in [-0.4, -0.2) is 6.10 Å². The molecule has 0 N–H and O–H groups in total. The molecule has 94 valence electrons. The van der Waals surface area contributed by atoms with Gasteiger partial charge in [0, 0.05) is 5.56 Å². The first-order valence-electron chi connectivity index (χ1n) is 6.48. The minimum atomic E-state index is -0.267. The molecule has 2 heterocycles. The highest BCUT2D eigenvalue weighted by Gasteiger charge is 2.44. The minimum absolute atomic E-state index is 0.0638. The van der Waals surface area contributed by atoms with Crippen molar-refractivity contribution in [2.75, 3.05) is 0 Å². The second kappa shape index (κ2) is 4.05. The summed E-state index contributed by atoms with van der Waals surface area (Å²) in [4.78, 5) is 0. The zero-order valence-electron chi connectivity index (χ0n) is 10.5. The van der Waals surface area contributed by atoms with Gasteiger partial charge in [0.05, 0.1) is 0 Å². The maximum Gasteiger partial charge on any atom is 0.186 e. The van der Waals surface area contributed by atoms with Gasteiger partial charge in [-0.25, -0.2) is 0 Å². The van der Waals surface area contributed by atoms with E-state index in [1.54, 1.807) is 0 Å². The van der Waals surface area contributed by atoms with E-state index in [0.29, 0.717) is 0 Å². The van der Waals surface area contributed by atoms with Gasteiger partial charge >= 0.3 is 0 Å². The molecule has 2 aliphatic rings. The lowest BCUT2D eigenvalue weighted by Gasteiger charge is -2.24. The Kier molecular flexibility index (Phi) is 2.34. The summed E-state index contributed by atoms with van der Waals surface area (Å²) in [5, 5.41) is 0. The molecule has 2 nitrogen and oxygen atoms in total. The van der Waals surface area contributed by atoms with Crippen LogP contribution < -0.4 is 0 Å². The summed E-state index contributed by atoms with van der Waals surface area (Å²) in [6.45, 7) is 4.21. The van der Waals surface area contributed by atoms with E-state index in [1.807, 2.05) is 30.3 Å². The van der Waals surface area contributed by atoms with Crippen LogP contribution in [0.4, 0.5) is 0 Å². The third-order valence-electron chi connectivity index (χ3n) is 3.85. The maximum absolute atomic E-state index is 6.09. The van der Waals surface area contributed by atoms with E-state index in [4.69, 9.17) is 9.47 Å². The van der Waals surface area contributed by atoms with Crippen LogP contribution in [0.3, 0.4) is 0 Å². The molecular formula is C17H14O2. The molecule has 2 aromatic rings. The molecule has 0 radical (unpaired) electrons. The van der Waals surface area contributed by atoms with Crippen LogP contribution in [0.2, 0.25) is 0 Å². The van der Waals surface area contributed by atoms with Crippen molar-refractivity contribution < 1.29 is 9.47 Å². The SMILES string of the molecule is C=C1c2ccccc2C2OC1C(c1ccccc1)O2. The van der Waals surface area contributed by atoms with Crippen molar-refractivity contribution in [3.8, 4) is 0 Å². The molecule has 0 aliphatic carbocycles. The van der Waals surface area contributed by atoms with Gasteiger partial charge in [0.1, 0.15) is 12.2 Å². The summed E-state index contributed by atoms with van der Waals surface area (Å²) in [5.74, 6) is 0. The van der Waals surface area contributed by atoms with E-state index in [-0.39, 0.29) is 18.5 Å². The summed E-state index contributed by atoms with van der Waals surface area (Å²) in [6, 6.07) is 18.4. The lowest BCUT2D eigenvalue weighted by Crippen LogP contribution is -2.19. The molecule has 2 aliphatic heterocycles. The van der Waals surface area contributed by atoms with Crippen molar-refractivity contribution >= 4 is 5.57 Å². The molecular weight excluding hydrogens is 236 g/mol. The van der Waals surface area contributed by atoms with Gasteiger partial charge in [0.2, 0.25) is 0 Å². The van der Waals surface area contributed by atoms with Crippen LogP contribution in [0.5, 0.6) is 0 Å². The number of rotatable bonds is 1. The fourth-order valence-corrected chi connectivity index (χ4v) is 2.90. The first-order valence-corrected chi connectivity index (χ1v) is 6.48. The molecule has 1 fully saturated rings. The van der Waals surface area contributed by atoms with Crippen LogP contribution in [0, 0.1) is 0 Å². The molecule has 0 saturated carbocycles. The van der Waals surface area contributed by atoms with E-state index in [2.05, 4.69) is 30.8 Å².